The van der Waals surface area contributed by atoms with Crippen molar-refractivity contribution in [2.45, 2.75) is 18.6 Å². The van der Waals surface area contributed by atoms with Crippen molar-refractivity contribution in [1.29, 1.82) is 0 Å². The number of carbonyl (C=O) groups is 1. The van der Waals surface area contributed by atoms with Gasteiger partial charge < -0.3 is 4.90 Å². The zero-order valence-electron chi connectivity index (χ0n) is 13.1. The number of carbonyl (C=O) groups excluding carboxylic acids is 1. The summed E-state index contributed by atoms with van der Waals surface area (Å²) in [6.07, 6.45) is -3.83. The van der Waals surface area contributed by atoms with Crippen LogP contribution < -0.4 is 4.90 Å². The normalized spacial score (nSPS) is 18.3. The van der Waals surface area contributed by atoms with Crippen molar-refractivity contribution in [1.82, 2.24) is 4.90 Å². The highest BCUT2D eigenvalue weighted by Gasteiger charge is 2.36. The van der Waals surface area contributed by atoms with Crippen LogP contribution in [0.5, 0.6) is 0 Å². The zero-order chi connectivity index (χ0) is 17.3. The molecule has 2 amide bonds. The Hall–Kier alpha value is -2.50. The Bertz CT molecular complexity index is 713. The van der Waals surface area contributed by atoms with E-state index in [1.54, 1.807) is 16.8 Å². The van der Waals surface area contributed by atoms with Crippen LogP contribution in [-0.2, 0) is 12.6 Å². The van der Waals surface area contributed by atoms with Crippen LogP contribution in [0.2, 0.25) is 0 Å². The molecular weight excluding hydrogens is 317 g/mol. The summed E-state index contributed by atoms with van der Waals surface area (Å²) in [5.74, 6) is 0. The molecule has 1 aliphatic heterocycles. The third-order valence-corrected chi connectivity index (χ3v) is 4.17. The summed E-state index contributed by atoms with van der Waals surface area (Å²) in [6.45, 7) is 0.536. The van der Waals surface area contributed by atoms with E-state index in [9.17, 15) is 18.0 Å². The van der Waals surface area contributed by atoms with Gasteiger partial charge >= 0.3 is 12.2 Å². The van der Waals surface area contributed by atoms with Gasteiger partial charge in [-0.3, -0.25) is 4.90 Å². The Balaban J connectivity index is 1.81. The smallest absolute Gasteiger partial charge is 0.325 e. The quantitative estimate of drug-likeness (QED) is 0.826. The molecule has 0 radical (unpaired) electrons. The maximum absolute atomic E-state index is 12.7. The number of amides is 2. The molecule has 1 saturated heterocycles. The largest absolute Gasteiger partial charge is 0.416 e. The monoisotopic (exact) mass is 334 g/mol. The number of alkyl halides is 3. The molecule has 0 N–H and O–H groups in total. The molecular formula is C18H17F3N2O. The van der Waals surface area contributed by atoms with E-state index in [0.717, 1.165) is 23.4 Å². The van der Waals surface area contributed by atoms with Crippen LogP contribution in [0.15, 0.2) is 54.6 Å². The lowest BCUT2D eigenvalue weighted by molar-refractivity contribution is -0.137. The number of anilines is 1. The molecule has 3 rings (SSSR count). The Morgan fingerprint density at radius 1 is 1.04 bits per heavy atom. The lowest BCUT2D eigenvalue weighted by Crippen LogP contribution is -2.35. The number of urea groups is 1. The number of nitrogens with zero attached hydrogens (tertiary/aromatic N) is 2. The fraction of sp³-hybridized carbons (Fsp3) is 0.278. The second-order valence-electron chi connectivity index (χ2n) is 5.92. The molecule has 0 spiro atoms. The van der Waals surface area contributed by atoms with Crippen molar-refractivity contribution in [2.24, 2.45) is 0 Å². The van der Waals surface area contributed by atoms with Gasteiger partial charge in [-0.25, -0.2) is 4.79 Å². The molecule has 2 aromatic carbocycles. The lowest BCUT2D eigenvalue weighted by Gasteiger charge is -2.23. The Labute approximate surface area is 138 Å². The van der Waals surface area contributed by atoms with E-state index in [-0.39, 0.29) is 12.1 Å². The standard InChI is InChI=1S/C18H17F3N2O/c1-22-12-16(23(17(22)24)15-5-3-2-4-6-15)11-13-7-9-14(10-8-13)18(19,20)21/h2-10,16H,11-12H2,1H3/t16-/m1/s1. The van der Waals surface area contributed by atoms with Gasteiger partial charge in [0.2, 0.25) is 0 Å². The van der Waals surface area contributed by atoms with E-state index in [2.05, 4.69) is 0 Å². The Kier molecular flexibility index (Phi) is 4.22. The minimum absolute atomic E-state index is 0.0990. The Morgan fingerprint density at radius 2 is 1.67 bits per heavy atom. The van der Waals surface area contributed by atoms with Crippen LogP contribution in [0, 0.1) is 0 Å². The number of hydrogen-bond donors (Lipinski definition) is 0. The van der Waals surface area contributed by atoms with E-state index in [4.69, 9.17) is 0 Å². The van der Waals surface area contributed by atoms with Crippen molar-refractivity contribution >= 4 is 11.7 Å². The van der Waals surface area contributed by atoms with Crippen LogP contribution in [0.1, 0.15) is 11.1 Å². The van der Waals surface area contributed by atoms with Gasteiger partial charge in [0.1, 0.15) is 0 Å². The van der Waals surface area contributed by atoms with Gasteiger partial charge in [0.25, 0.3) is 0 Å². The van der Waals surface area contributed by atoms with E-state index in [1.807, 2.05) is 30.3 Å². The van der Waals surface area contributed by atoms with Crippen molar-refractivity contribution in [2.75, 3.05) is 18.5 Å². The fourth-order valence-electron chi connectivity index (χ4n) is 2.98. The van der Waals surface area contributed by atoms with Crippen LogP contribution in [0.4, 0.5) is 23.7 Å². The van der Waals surface area contributed by atoms with Crippen molar-refractivity contribution in [3.63, 3.8) is 0 Å². The van der Waals surface area contributed by atoms with Gasteiger partial charge in [0, 0.05) is 19.3 Å². The molecule has 0 aromatic heterocycles. The van der Waals surface area contributed by atoms with E-state index in [0.29, 0.717) is 13.0 Å². The summed E-state index contributed by atoms with van der Waals surface area (Å²) in [4.78, 5) is 15.7. The number of likely N-dealkylation sites (N-methyl/N-ethyl adjacent to an activating group) is 1. The highest BCUT2D eigenvalue weighted by Crippen LogP contribution is 2.30. The number of benzene rings is 2. The third-order valence-electron chi connectivity index (χ3n) is 4.17. The number of para-hydroxylation sites is 1. The maximum Gasteiger partial charge on any atom is 0.416 e. The van der Waals surface area contributed by atoms with Crippen molar-refractivity contribution < 1.29 is 18.0 Å². The summed E-state index contributed by atoms with van der Waals surface area (Å²) in [7, 11) is 1.73. The van der Waals surface area contributed by atoms with Crippen molar-refractivity contribution in [3.05, 3.63) is 65.7 Å². The Morgan fingerprint density at radius 3 is 2.25 bits per heavy atom. The average Bonchev–Trinajstić information content (AvgIpc) is 2.82. The van der Waals surface area contributed by atoms with E-state index < -0.39 is 11.7 Å². The predicted molar refractivity (Wildman–Crippen MR) is 85.9 cm³/mol. The molecule has 2 aromatic rings. The van der Waals surface area contributed by atoms with E-state index in [1.165, 1.54) is 12.1 Å². The second-order valence-corrected chi connectivity index (χ2v) is 5.92. The summed E-state index contributed by atoms with van der Waals surface area (Å²) in [6, 6.07) is 14.2. The SMILES string of the molecule is CN1C[C@@H](Cc2ccc(C(F)(F)F)cc2)N(c2ccccc2)C1=O. The van der Waals surface area contributed by atoms with Crippen LogP contribution >= 0.6 is 0 Å². The molecule has 0 saturated carbocycles. The first kappa shape index (κ1) is 16.4. The summed E-state index contributed by atoms with van der Waals surface area (Å²) >= 11 is 0. The first-order chi connectivity index (χ1) is 11.4. The molecule has 1 atom stereocenters. The highest BCUT2D eigenvalue weighted by atomic mass is 19.4. The zero-order valence-corrected chi connectivity index (χ0v) is 13.1. The van der Waals surface area contributed by atoms with E-state index >= 15 is 0 Å². The van der Waals surface area contributed by atoms with Crippen LogP contribution in [0.3, 0.4) is 0 Å². The second kappa shape index (κ2) is 6.19. The third kappa shape index (κ3) is 3.22. The van der Waals surface area contributed by atoms with Gasteiger partial charge in [0.05, 0.1) is 11.6 Å². The maximum atomic E-state index is 12.7. The van der Waals surface area contributed by atoms with Gasteiger partial charge in [-0.2, -0.15) is 13.2 Å². The fourth-order valence-corrected chi connectivity index (χ4v) is 2.98. The number of rotatable bonds is 3. The summed E-state index contributed by atoms with van der Waals surface area (Å²) < 4.78 is 38.0. The topological polar surface area (TPSA) is 23.6 Å². The molecule has 0 unspecified atom stereocenters. The highest BCUT2D eigenvalue weighted by molar-refractivity contribution is 5.94. The molecule has 1 fully saturated rings. The van der Waals surface area contributed by atoms with Crippen molar-refractivity contribution in [3.8, 4) is 0 Å². The summed E-state index contributed by atoms with van der Waals surface area (Å²) in [5.41, 5.74) is 0.909. The molecule has 6 heteroatoms. The predicted octanol–water partition coefficient (Wildman–Crippen LogP) is 4.19. The van der Waals surface area contributed by atoms with Gasteiger partial charge in [-0.05, 0) is 36.2 Å². The van der Waals surface area contributed by atoms with Crippen LogP contribution in [-0.4, -0.2) is 30.6 Å². The molecule has 0 aliphatic carbocycles. The first-order valence-corrected chi connectivity index (χ1v) is 7.62. The van der Waals surface area contributed by atoms with Gasteiger partial charge in [-0.15, -0.1) is 0 Å². The average molecular weight is 334 g/mol. The van der Waals surface area contributed by atoms with Gasteiger partial charge in [0.15, 0.2) is 0 Å². The molecule has 24 heavy (non-hydrogen) atoms. The lowest BCUT2D eigenvalue weighted by atomic mass is 10.0. The molecule has 126 valence electrons. The first-order valence-electron chi connectivity index (χ1n) is 7.62. The number of hydrogen-bond acceptors (Lipinski definition) is 1. The molecule has 1 aliphatic rings. The molecule has 3 nitrogen and oxygen atoms in total. The minimum atomic E-state index is -4.34. The minimum Gasteiger partial charge on any atom is -0.325 e. The van der Waals surface area contributed by atoms with Crippen LogP contribution in [0.25, 0.3) is 0 Å². The summed E-state index contributed by atoms with van der Waals surface area (Å²) in [5, 5.41) is 0. The van der Waals surface area contributed by atoms with Gasteiger partial charge in [-0.1, -0.05) is 30.3 Å². The molecule has 1 heterocycles. The number of halogens is 3. The molecule has 0 bridgehead atoms.